The number of hydrogen-bond donors (Lipinski definition) is 0. The van der Waals surface area contributed by atoms with E-state index >= 15 is 0 Å². The van der Waals surface area contributed by atoms with Crippen LogP contribution in [0.2, 0.25) is 0 Å². The van der Waals surface area contributed by atoms with Gasteiger partial charge in [0.1, 0.15) is 0 Å². The minimum atomic E-state index is -3.20. The van der Waals surface area contributed by atoms with Crippen LogP contribution in [0.5, 0.6) is 0 Å². The molecular formula is C8H11BrN2O2S. The summed E-state index contributed by atoms with van der Waals surface area (Å²) in [6, 6.07) is 1.71. The third-order valence-corrected chi connectivity index (χ3v) is 4.04. The van der Waals surface area contributed by atoms with Gasteiger partial charge in [0, 0.05) is 17.7 Å². The lowest BCUT2D eigenvalue weighted by atomic mass is 10.4. The highest BCUT2D eigenvalue weighted by Gasteiger charge is 2.15. The molecule has 0 aliphatic heterocycles. The smallest absolute Gasteiger partial charge is 0.234 e. The molecule has 0 spiro atoms. The maximum atomic E-state index is 11.5. The molecule has 6 heteroatoms. The number of rotatable bonds is 3. The Bertz CT molecular complexity index is 419. The second kappa shape index (κ2) is 4.27. The summed E-state index contributed by atoms with van der Waals surface area (Å²) in [6.45, 7) is 1.61. The molecule has 0 amide bonds. The first-order valence-electron chi connectivity index (χ1n) is 4.04. The van der Waals surface area contributed by atoms with Crippen LogP contribution >= 0.6 is 15.9 Å². The lowest BCUT2D eigenvalue weighted by molar-refractivity contribution is 0.595. The van der Waals surface area contributed by atoms with Crippen molar-refractivity contribution in [3.05, 3.63) is 22.9 Å². The van der Waals surface area contributed by atoms with Crippen LogP contribution in [0.4, 0.5) is 5.69 Å². The summed E-state index contributed by atoms with van der Waals surface area (Å²) in [7, 11) is -1.68. The second-order valence-corrected chi connectivity index (χ2v) is 5.93. The monoisotopic (exact) mass is 278 g/mol. The van der Waals surface area contributed by atoms with E-state index in [0.717, 1.165) is 4.47 Å². The molecule has 0 aliphatic carbocycles. The largest absolute Gasteiger partial charge is 0.272 e. The highest BCUT2D eigenvalue weighted by atomic mass is 79.9. The summed E-state index contributed by atoms with van der Waals surface area (Å²) in [5.74, 6) is 0.0794. The van der Waals surface area contributed by atoms with E-state index in [0.29, 0.717) is 5.69 Å². The first-order valence-corrected chi connectivity index (χ1v) is 6.44. The number of sulfonamides is 1. The van der Waals surface area contributed by atoms with Crippen LogP contribution in [0.25, 0.3) is 0 Å². The molecule has 1 aromatic rings. The van der Waals surface area contributed by atoms with E-state index in [9.17, 15) is 8.42 Å². The SMILES string of the molecule is CCS(=O)(=O)N(C)c1cncc(Br)c1. The average molecular weight is 279 g/mol. The van der Waals surface area contributed by atoms with Crippen molar-refractivity contribution >= 4 is 31.6 Å². The molecule has 0 aromatic carbocycles. The average Bonchev–Trinajstić information content (AvgIpc) is 2.16. The standard InChI is InChI=1S/C8H11BrN2O2S/c1-3-14(12,13)11(2)8-4-7(9)5-10-6-8/h4-6H,3H2,1-2H3. The number of pyridine rings is 1. The Labute approximate surface area is 92.1 Å². The second-order valence-electron chi connectivity index (χ2n) is 2.73. The van der Waals surface area contributed by atoms with E-state index in [4.69, 9.17) is 0 Å². The molecule has 14 heavy (non-hydrogen) atoms. The fourth-order valence-corrected chi connectivity index (χ4v) is 2.09. The third kappa shape index (κ3) is 2.45. The Morgan fingerprint density at radius 2 is 2.14 bits per heavy atom. The van der Waals surface area contributed by atoms with Crippen LogP contribution in [0, 0.1) is 0 Å². The molecule has 0 fully saturated rings. The minimum absolute atomic E-state index is 0.0794. The van der Waals surface area contributed by atoms with Gasteiger partial charge in [-0.2, -0.15) is 0 Å². The van der Waals surface area contributed by atoms with Gasteiger partial charge in [-0.15, -0.1) is 0 Å². The zero-order chi connectivity index (χ0) is 10.8. The van der Waals surface area contributed by atoms with Gasteiger partial charge in [0.15, 0.2) is 0 Å². The normalized spacial score (nSPS) is 11.4. The number of anilines is 1. The van der Waals surface area contributed by atoms with E-state index in [1.54, 1.807) is 19.2 Å². The first kappa shape index (κ1) is 11.5. The summed E-state index contributed by atoms with van der Waals surface area (Å²) >= 11 is 3.24. The van der Waals surface area contributed by atoms with Gasteiger partial charge in [0.2, 0.25) is 10.0 Å². The Morgan fingerprint density at radius 3 is 2.64 bits per heavy atom. The van der Waals surface area contributed by atoms with Crippen molar-refractivity contribution in [3.8, 4) is 0 Å². The molecule has 0 atom stereocenters. The zero-order valence-electron chi connectivity index (χ0n) is 7.94. The van der Waals surface area contributed by atoms with Crippen molar-refractivity contribution in [2.45, 2.75) is 6.92 Å². The maximum Gasteiger partial charge on any atom is 0.234 e. The summed E-state index contributed by atoms with van der Waals surface area (Å²) < 4.78 is 25.0. The van der Waals surface area contributed by atoms with Crippen LogP contribution in [-0.2, 0) is 10.0 Å². The summed E-state index contributed by atoms with van der Waals surface area (Å²) in [5, 5.41) is 0. The Morgan fingerprint density at radius 1 is 1.50 bits per heavy atom. The van der Waals surface area contributed by atoms with Gasteiger partial charge >= 0.3 is 0 Å². The first-order chi connectivity index (χ1) is 6.47. The number of aromatic nitrogens is 1. The highest BCUT2D eigenvalue weighted by Crippen LogP contribution is 2.19. The molecule has 0 radical (unpaired) electrons. The van der Waals surface area contributed by atoms with Crippen molar-refractivity contribution < 1.29 is 8.42 Å². The lowest BCUT2D eigenvalue weighted by Gasteiger charge is -2.17. The predicted octanol–water partition coefficient (Wildman–Crippen LogP) is 1.63. The molecule has 0 bridgehead atoms. The van der Waals surface area contributed by atoms with Gasteiger partial charge in [-0.1, -0.05) is 0 Å². The van der Waals surface area contributed by atoms with Crippen molar-refractivity contribution in [2.24, 2.45) is 0 Å². The van der Waals surface area contributed by atoms with Gasteiger partial charge in [-0.05, 0) is 28.9 Å². The van der Waals surface area contributed by atoms with E-state index in [-0.39, 0.29) is 5.75 Å². The molecule has 4 nitrogen and oxygen atoms in total. The summed E-state index contributed by atoms with van der Waals surface area (Å²) in [4.78, 5) is 3.90. The molecular weight excluding hydrogens is 268 g/mol. The van der Waals surface area contributed by atoms with Crippen molar-refractivity contribution in [3.63, 3.8) is 0 Å². The quantitative estimate of drug-likeness (QED) is 0.845. The van der Waals surface area contributed by atoms with Gasteiger partial charge in [-0.25, -0.2) is 8.42 Å². The van der Waals surface area contributed by atoms with Gasteiger partial charge in [0.25, 0.3) is 0 Å². The topological polar surface area (TPSA) is 50.3 Å². The molecule has 0 aliphatic rings. The lowest BCUT2D eigenvalue weighted by Crippen LogP contribution is -2.28. The highest BCUT2D eigenvalue weighted by molar-refractivity contribution is 9.10. The Hall–Kier alpha value is -0.620. The summed E-state index contributed by atoms with van der Waals surface area (Å²) in [6.07, 6.45) is 3.12. The van der Waals surface area contributed by atoms with Crippen molar-refractivity contribution in [2.75, 3.05) is 17.1 Å². The van der Waals surface area contributed by atoms with Crippen LogP contribution < -0.4 is 4.31 Å². The molecule has 0 N–H and O–H groups in total. The van der Waals surface area contributed by atoms with E-state index in [2.05, 4.69) is 20.9 Å². The zero-order valence-corrected chi connectivity index (χ0v) is 10.3. The molecule has 0 saturated carbocycles. The van der Waals surface area contributed by atoms with E-state index in [1.807, 2.05) is 0 Å². The van der Waals surface area contributed by atoms with Crippen LogP contribution in [0.1, 0.15) is 6.92 Å². The Balaban J connectivity index is 3.07. The van der Waals surface area contributed by atoms with Gasteiger partial charge in [0.05, 0.1) is 17.6 Å². The van der Waals surface area contributed by atoms with E-state index in [1.165, 1.54) is 17.5 Å². The molecule has 1 heterocycles. The van der Waals surface area contributed by atoms with Crippen molar-refractivity contribution in [1.82, 2.24) is 4.98 Å². The third-order valence-electron chi connectivity index (χ3n) is 1.84. The van der Waals surface area contributed by atoms with Crippen molar-refractivity contribution in [1.29, 1.82) is 0 Å². The van der Waals surface area contributed by atoms with Gasteiger partial charge in [-0.3, -0.25) is 9.29 Å². The molecule has 78 valence electrons. The summed E-state index contributed by atoms with van der Waals surface area (Å²) in [5.41, 5.74) is 0.557. The molecule has 1 rings (SSSR count). The number of halogens is 1. The molecule has 0 saturated heterocycles. The van der Waals surface area contributed by atoms with Gasteiger partial charge < -0.3 is 0 Å². The fourth-order valence-electron chi connectivity index (χ4n) is 0.927. The number of nitrogens with zero attached hydrogens (tertiary/aromatic N) is 2. The number of hydrogen-bond acceptors (Lipinski definition) is 3. The Kier molecular flexibility index (Phi) is 3.49. The van der Waals surface area contributed by atoms with Crippen LogP contribution in [0.15, 0.2) is 22.9 Å². The minimum Gasteiger partial charge on any atom is -0.272 e. The van der Waals surface area contributed by atoms with E-state index < -0.39 is 10.0 Å². The van der Waals surface area contributed by atoms with Crippen LogP contribution in [-0.4, -0.2) is 26.2 Å². The maximum absolute atomic E-state index is 11.5. The molecule has 1 aromatic heterocycles. The predicted molar refractivity (Wildman–Crippen MR) is 59.8 cm³/mol. The van der Waals surface area contributed by atoms with Crippen LogP contribution in [0.3, 0.4) is 0 Å². The fraction of sp³-hybridized carbons (Fsp3) is 0.375. The molecule has 0 unspecified atom stereocenters.